The summed E-state index contributed by atoms with van der Waals surface area (Å²) in [5, 5.41) is 4.68. The highest BCUT2D eigenvalue weighted by molar-refractivity contribution is 7.84. The second-order valence-electron chi connectivity index (χ2n) is 2.56. The lowest BCUT2D eigenvalue weighted by atomic mass is 10.2. The molecule has 1 rings (SSSR count). The van der Waals surface area contributed by atoms with Gasteiger partial charge in [0.15, 0.2) is 5.75 Å². The van der Waals surface area contributed by atoms with E-state index < -0.39 is 16.3 Å². The zero-order valence-electron chi connectivity index (χ0n) is 7.84. The summed E-state index contributed by atoms with van der Waals surface area (Å²) in [5.74, 6) is -0.860. The van der Waals surface area contributed by atoms with Crippen LogP contribution in [0, 0.1) is 0 Å². The Balaban J connectivity index is 3.13. The molecule has 0 saturated carbocycles. The molecule has 0 heterocycles. The van der Waals surface area contributed by atoms with Crippen molar-refractivity contribution >= 4 is 16.3 Å². The minimum absolute atomic E-state index is 0.00553. The second kappa shape index (κ2) is 4.28. The third-order valence-electron chi connectivity index (χ3n) is 1.50. The third kappa shape index (κ3) is 3.22. The molecule has 0 fully saturated rings. The number of nitrogens with two attached hydrogens (primary N) is 1. The third-order valence-corrected chi connectivity index (χ3v) is 1.91. The minimum Gasteiger partial charge on any atom is -0.465 e. The predicted octanol–water partition coefficient (Wildman–Crippen LogP) is 0.0555. The van der Waals surface area contributed by atoms with Gasteiger partial charge in [0.05, 0.1) is 7.11 Å². The summed E-state index contributed by atoms with van der Waals surface area (Å²) >= 11 is 0. The van der Waals surface area contributed by atoms with Crippen LogP contribution in [-0.2, 0) is 15.0 Å². The maximum atomic E-state index is 11.2. The van der Waals surface area contributed by atoms with Gasteiger partial charge in [0, 0.05) is 0 Å². The van der Waals surface area contributed by atoms with Gasteiger partial charge in [-0.2, -0.15) is 13.6 Å². The molecule has 0 amide bonds. The van der Waals surface area contributed by atoms with Crippen molar-refractivity contribution in [2.45, 2.75) is 0 Å². The maximum Gasteiger partial charge on any atom is 0.380 e. The molecule has 0 aliphatic heterocycles. The van der Waals surface area contributed by atoms with E-state index in [1.165, 1.54) is 25.3 Å². The molecule has 0 saturated heterocycles. The van der Waals surface area contributed by atoms with Crippen molar-refractivity contribution in [1.29, 1.82) is 0 Å². The SMILES string of the molecule is COC(=O)c1ccccc1OS(N)(=O)=O. The van der Waals surface area contributed by atoms with E-state index in [1.54, 1.807) is 6.07 Å². The standard InChI is InChI=1S/C8H9NO5S/c1-13-8(10)6-4-2-3-5-7(6)14-15(9,11)12/h2-5H,1H3,(H2,9,11,12). The van der Waals surface area contributed by atoms with Crippen LogP contribution >= 0.6 is 0 Å². The number of methoxy groups -OCH3 is 1. The van der Waals surface area contributed by atoms with Crippen LogP contribution in [0.25, 0.3) is 0 Å². The summed E-state index contributed by atoms with van der Waals surface area (Å²) < 4.78 is 30.2. The first-order valence-electron chi connectivity index (χ1n) is 3.83. The van der Waals surface area contributed by atoms with Crippen molar-refractivity contribution in [3.63, 3.8) is 0 Å². The second-order valence-corrected chi connectivity index (χ2v) is 3.72. The number of carbonyl (C=O) groups excluding carboxylic acids is 1. The highest BCUT2D eigenvalue weighted by Gasteiger charge is 2.15. The molecule has 0 aliphatic carbocycles. The van der Waals surface area contributed by atoms with Crippen molar-refractivity contribution in [2.75, 3.05) is 7.11 Å². The first kappa shape index (κ1) is 11.5. The highest BCUT2D eigenvalue weighted by Crippen LogP contribution is 2.19. The number of para-hydroxylation sites is 1. The number of carbonyl (C=O) groups is 1. The maximum absolute atomic E-state index is 11.2. The molecule has 0 aromatic heterocycles. The first-order valence-corrected chi connectivity index (χ1v) is 5.31. The summed E-state index contributed by atoms with van der Waals surface area (Å²) in [5.41, 5.74) is -0.00553. The molecule has 1 aromatic carbocycles. The molecule has 0 radical (unpaired) electrons. The van der Waals surface area contributed by atoms with E-state index in [4.69, 9.17) is 0 Å². The quantitative estimate of drug-likeness (QED) is 0.742. The Morgan fingerprint density at radius 3 is 2.47 bits per heavy atom. The number of rotatable bonds is 3. The Hall–Kier alpha value is -1.60. The summed E-state index contributed by atoms with van der Waals surface area (Å²) in [6.07, 6.45) is 0. The van der Waals surface area contributed by atoms with Crippen molar-refractivity contribution in [3.8, 4) is 5.75 Å². The van der Waals surface area contributed by atoms with Crippen LogP contribution < -0.4 is 9.32 Å². The summed E-state index contributed by atoms with van der Waals surface area (Å²) in [6.45, 7) is 0. The Morgan fingerprint density at radius 2 is 1.93 bits per heavy atom. The zero-order valence-corrected chi connectivity index (χ0v) is 8.65. The lowest BCUT2D eigenvalue weighted by Crippen LogP contribution is -2.20. The van der Waals surface area contributed by atoms with E-state index in [0.717, 1.165) is 0 Å². The van der Waals surface area contributed by atoms with Gasteiger partial charge in [-0.3, -0.25) is 0 Å². The lowest BCUT2D eigenvalue weighted by Gasteiger charge is -2.06. The number of benzene rings is 1. The molecule has 82 valence electrons. The molecule has 0 bridgehead atoms. The van der Waals surface area contributed by atoms with Gasteiger partial charge in [-0.05, 0) is 12.1 Å². The van der Waals surface area contributed by atoms with E-state index in [-0.39, 0.29) is 11.3 Å². The highest BCUT2D eigenvalue weighted by atomic mass is 32.2. The molecule has 0 unspecified atom stereocenters. The van der Waals surface area contributed by atoms with Crippen molar-refractivity contribution < 1.29 is 22.1 Å². The minimum atomic E-state index is -4.15. The Kier molecular flexibility index (Phi) is 3.28. The van der Waals surface area contributed by atoms with Crippen molar-refractivity contribution in [1.82, 2.24) is 0 Å². The summed E-state index contributed by atoms with van der Waals surface area (Å²) in [6, 6.07) is 5.72. The van der Waals surface area contributed by atoms with Crippen LogP contribution in [-0.4, -0.2) is 21.5 Å². The van der Waals surface area contributed by atoms with E-state index in [2.05, 4.69) is 14.1 Å². The molecule has 15 heavy (non-hydrogen) atoms. The number of esters is 1. The molecule has 0 aliphatic rings. The largest absolute Gasteiger partial charge is 0.465 e. The van der Waals surface area contributed by atoms with Crippen LogP contribution in [0.2, 0.25) is 0 Å². The zero-order chi connectivity index (χ0) is 11.5. The molecule has 0 atom stereocenters. The molecule has 7 heteroatoms. The normalized spacial score (nSPS) is 10.8. The number of hydrogen-bond donors (Lipinski definition) is 1. The van der Waals surface area contributed by atoms with E-state index in [9.17, 15) is 13.2 Å². The van der Waals surface area contributed by atoms with Crippen LogP contribution in [0.1, 0.15) is 10.4 Å². The molecule has 6 nitrogen and oxygen atoms in total. The smallest absolute Gasteiger partial charge is 0.380 e. The van der Waals surface area contributed by atoms with Gasteiger partial charge < -0.3 is 8.92 Å². The molecular formula is C8H9NO5S. The van der Waals surface area contributed by atoms with Crippen LogP contribution in [0.5, 0.6) is 5.75 Å². The Morgan fingerprint density at radius 1 is 1.33 bits per heavy atom. The van der Waals surface area contributed by atoms with Gasteiger partial charge in [-0.1, -0.05) is 12.1 Å². The predicted molar refractivity (Wildman–Crippen MR) is 51.5 cm³/mol. The van der Waals surface area contributed by atoms with Crippen LogP contribution in [0.3, 0.4) is 0 Å². The van der Waals surface area contributed by atoms with Crippen molar-refractivity contribution in [2.24, 2.45) is 5.14 Å². The van der Waals surface area contributed by atoms with Gasteiger partial charge in [0.25, 0.3) is 0 Å². The summed E-state index contributed by atoms with van der Waals surface area (Å²) in [4.78, 5) is 11.2. The van der Waals surface area contributed by atoms with Crippen LogP contribution in [0.4, 0.5) is 0 Å². The van der Waals surface area contributed by atoms with Gasteiger partial charge in [-0.15, -0.1) is 0 Å². The van der Waals surface area contributed by atoms with E-state index >= 15 is 0 Å². The molecule has 0 spiro atoms. The van der Waals surface area contributed by atoms with Gasteiger partial charge in [0.1, 0.15) is 5.56 Å². The fraction of sp³-hybridized carbons (Fsp3) is 0.125. The fourth-order valence-electron chi connectivity index (χ4n) is 0.943. The molecule has 1 aromatic rings. The number of ether oxygens (including phenoxy) is 1. The Bertz CT molecular complexity index is 468. The van der Waals surface area contributed by atoms with Gasteiger partial charge >= 0.3 is 16.3 Å². The molecular weight excluding hydrogens is 222 g/mol. The average Bonchev–Trinajstić information content (AvgIpc) is 2.15. The lowest BCUT2D eigenvalue weighted by molar-refractivity contribution is 0.0599. The van der Waals surface area contributed by atoms with E-state index in [0.29, 0.717) is 0 Å². The topological polar surface area (TPSA) is 95.7 Å². The Labute approximate surface area is 86.9 Å². The molecule has 2 N–H and O–H groups in total. The van der Waals surface area contributed by atoms with E-state index in [1.807, 2.05) is 0 Å². The van der Waals surface area contributed by atoms with Gasteiger partial charge in [0.2, 0.25) is 0 Å². The average molecular weight is 231 g/mol. The summed E-state index contributed by atoms with van der Waals surface area (Å²) in [7, 11) is -2.97. The number of hydrogen-bond acceptors (Lipinski definition) is 5. The monoisotopic (exact) mass is 231 g/mol. The van der Waals surface area contributed by atoms with Crippen molar-refractivity contribution in [3.05, 3.63) is 29.8 Å². The van der Waals surface area contributed by atoms with Gasteiger partial charge in [-0.25, -0.2) is 4.79 Å². The first-order chi connectivity index (χ1) is 6.94. The van der Waals surface area contributed by atoms with Crippen LogP contribution in [0.15, 0.2) is 24.3 Å². The fourth-order valence-corrected chi connectivity index (χ4v) is 1.34.